The molecule has 0 spiro atoms. The van der Waals surface area contributed by atoms with Crippen LogP contribution in [0.25, 0.3) is 0 Å². The summed E-state index contributed by atoms with van der Waals surface area (Å²) in [5, 5.41) is 3.79. The Bertz CT molecular complexity index is 756. The van der Waals surface area contributed by atoms with Crippen molar-refractivity contribution in [3.8, 4) is 0 Å². The summed E-state index contributed by atoms with van der Waals surface area (Å²) < 4.78 is 0. The first-order valence-corrected chi connectivity index (χ1v) is 8.24. The first-order chi connectivity index (χ1) is 11.4. The zero-order chi connectivity index (χ0) is 17.3. The van der Waals surface area contributed by atoms with E-state index in [0.717, 1.165) is 25.2 Å². The van der Waals surface area contributed by atoms with E-state index in [1.165, 1.54) is 0 Å². The second kappa shape index (κ2) is 6.65. The number of nitrogen functional groups attached to an aromatic ring is 1. The molecule has 1 atom stereocenters. The zero-order valence-corrected chi connectivity index (χ0v) is 14.5. The van der Waals surface area contributed by atoms with Crippen LogP contribution in [0.4, 0.5) is 11.6 Å². The van der Waals surface area contributed by atoms with Crippen LogP contribution in [0.15, 0.2) is 24.3 Å². The molecule has 3 rings (SSSR count). The Hall–Kier alpha value is -2.34. The summed E-state index contributed by atoms with van der Waals surface area (Å²) >= 11 is 6.05. The maximum absolute atomic E-state index is 12.6. The van der Waals surface area contributed by atoms with Gasteiger partial charge in [0.05, 0.1) is 17.0 Å². The third kappa shape index (κ3) is 3.43. The maximum atomic E-state index is 12.6. The van der Waals surface area contributed by atoms with E-state index in [9.17, 15) is 4.79 Å². The van der Waals surface area contributed by atoms with Gasteiger partial charge in [-0.1, -0.05) is 17.7 Å². The number of aromatic nitrogens is 2. The molecule has 126 valence electrons. The number of carbonyl (C=O) groups excluding carboxylic acids is 1. The second-order valence-corrected chi connectivity index (χ2v) is 6.45. The number of nitrogens with zero attached hydrogens (tertiary/aromatic N) is 3. The number of hydrogen-bond donors (Lipinski definition) is 2. The molecule has 2 heterocycles. The van der Waals surface area contributed by atoms with Crippen molar-refractivity contribution in [3.05, 3.63) is 46.2 Å². The molecule has 1 unspecified atom stereocenters. The molecule has 3 N–H and O–H groups in total. The molecular formula is C17H20ClN5O. The average Bonchev–Trinajstić information content (AvgIpc) is 2.94. The smallest absolute Gasteiger partial charge is 0.255 e. The molecule has 0 saturated carbocycles. The quantitative estimate of drug-likeness (QED) is 0.892. The predicted molar refractivity (Wildman–Crippen MR) is 95.5 cm³/mol. The summed E-state index contributed by atoms with van der Waals surface area (Å²) in [4.78, 5) is 23.0. The molecular weight excluding hydrogens is 326 g/mol. The molecule has 1 aromatic heterocycles. The Balaban J connectivity index is 1.69. The van der Waals surface area contributed by atoms with Gasteiger partial charge >= 0.3 is 0 Å². The van der Waals surface area contributed by atoms with Crippen molar-refractivity contribution in [2.75, 3.05) is 23.7 Å². The van der Waals surface area contributed by atoms with Crippen LogP contribution in [-0.4, -0.2) is 35.0 Å². The van der Waals surface area contributed by atoms with Gasteiger partial charge in [-0.05, 0) is 38.5 Å². The summed E-state index contributed by atoms with van der Waals surface area (Å²) in [7, 11) is 0. The molecule has 1 aromatic carbocycles. The van der Waals surface area contributed by atoms with Crippen molar-refractivity contribution in [3.63, 3.8) is 0 Å². The van der Waals surface area contributed by atoms with E-state index in [2.05, 4.69) is 20.2 Å². The highest BCUT2D eigenvalue weighted by Crippen LogP contribution is 2.23. The Labute approximate surface area is 146 Å². The minimum absolute atomic E-state index is 0.0767. The van der Waals surface area contributed by atoms with Crippen molar-refractivity contribution < 1.29 is 4.79 Å². The normalized spacial score (nSPS) is 17.1. The van der Waals surface area contributed by atoms with Crippen molar-refractivity contribution >= 4 is 29.1 Å². The molecule has 2 aromatic rings. The topological polar surface area (TPSA) is 84.1 Å². The molecule has 1 aliphatic heterocycles. The molecule has 1 aliphatic rings. The van der Waals surface area contributed by atoms with Crippen molar-refractivity contribution in [2.24, 2.45) is 0 Å². The van der Waals surface area contributed by atoms with Crippen LogP contribution < -0.4 is 16.0 Å². The van der Waals surface area contributed by atoms with Crippen molar-refractivity contribution in [1.82, 2.24) is 15.3 Å². The highest BCUT2D eigenvalue weighted by Gasteiger charge is 2.26. The highest BCUT2D eigenvalue weighted by molar-refractivity contribution is 6.30. The van der Waals surface area contributed by atoms with Gasteiger partial charge in [0.25, 0.3) is 5.91 Å². The van der Waals surface area contributed by atoms with Gasteiger partial charge in [0, 0.05) is 29.8 Å². The number of halogens is 1. The molecule has 24 heavy (non-hydrogen) atoms. The number of anilines is 2. The number of hydrogen-bond acceptors (Lipinski definition) is 5. The second-order valence-electron chi connectivity index (χ2n) is 6.01. The average molecular weight is 346 g/mol. The fourth-order valence-corrected chi connectivity index (χ4v) is 3.30. The lowest BCUT2D eigenvalue weighted by molar-refractivity contribution is 0.0938. The van der Waals surface area contributed by atoms with Gasteiger partial charge in [-0.3, -0.25) is 4.79 Å². The Kier molecular flexibility index (Phi) is 4.57. The van der Waals surface area contributed by atoms with Crippen LogP contribution in [0.2, 0.25) is 5.02 Å². The summed E-state index contributed by atoms with van der Waals surface area (Å²) in [6.07, 6.45) is 0.881. The van der Waals surface area contributed by atoms with Gasteiger partial charge in [0.15, 0.2) is 0 Å². The minimum atomic E-state index is -0.150. The summed E-state index contributed by atoms with van der Waals surface area (Å²) in [6.45, 7) is 5.17. The predicted octanol–water partition coefficient (Wildman–Crippen LogP) is 2.34. The van der Waals surface area contributed by atoms with E-state index >= 15 is 0 Å². The number of aryl methyl sites for hydroxylation is 2. The largest absolute Gasteiger partial charge is 0.369 e. The number of carbonyl (C=O) groups is 1. The molecule has 1 fully saturated rings. The molecule has 6 nitrogen and oxygen atoms in total. The first kappa shape index (κ1) is 16.5. The van der Waals surface area contributed by atoms with Gasteiger partial charge in [-0.2, -0.15) is 0 Å². The van der Waals surface area contributed by atoms with Crippen LogP contribution in [0, 0.1) is 13.8 Å². The zero-order valence-electron chi connectivity index (χ0n) is 13.7. The standard InChI is InChI=1S/C17H20ClN5O/c1-10-15(11(2)21-17(19)20-10)16(24)22-13-6-7-23(9-13)14-5-3-4-12(18)8-14/h3-5,8,13H,6-7,9H2,1-2H3,(H,22,24)(H2,19,20,21). The van der Waals surface area contributed by atoms with E-state index in [-0.39, 0.29) is 17.9 Å². The number of benzene rings is 1. The van der Waals surface area contributed by atoms with Crippen LogP contribution in [0.1, 0.15) is 28.2 Å². The fraction of sp³-hybridized carbons (Fsp3) is 0.353. The number of nitrogens with one attached hydrogen (secondary N) is 1. The molecule has 0 aliphatic carbocycles. The van der Waals surface area contributed by atoms with Gasteiger partial charge in [0.2, 0.25) is 5.95 Å². The lowest BCUT2D eigenvalue weighted by atomic mass is 10.1. The van der Waals surface area contributed by atoms with Gasteiger partial charge in [-0.25, -0.2) is 9.97 Å². The number of rotatable bonds is 3. The Morgan fingerprint density at radius 3 is 2.71 bits per heavy atom. The Morgan fingerprint density at radius 1 is 1.33 bits per heavy atom. The van der Waals surface area contributed by atoms with E-state index in [0.29, 0.717) is 22.0 Å². The Morgan fingerprint density at radius 2 is 2.04 bits per heavy atom. The summed E-state index contributed by atoms with van der Waals surface area (Å²) in [6, 6.07) is 7.83. The summed E-state index contributed by atoms with van der Waals surface area (Å²) in [5.74, 6) is 0.0393. The fourth-order valence-electron chi connectivity index (χ4n) is 3.11. The third-order valence-corrected chi connectivity index (χ3v) is 4.45. The van der Waals surface area contributed by atoms with Gasteiger partial charge in [0.1, 0.15) is 0 Å². The first-order valence-electron chi connectivity index (χ1n) is 7.86. The lowest BCUT2D eigenvalue weighted by Gasteiger charge is -2.19. The molecule has 7 heteroatoms. The lowest BCUT2D eigenvalue weighted by Crippen LogP contribution is -2.38. The molecule has 0 radical (unpaired) electrons. The van der Waals surface area contributed by atoms with Crippen molar-refractivity contribution in [1.29, 1.82) is 0 Å². The molecule has 1 saturated heterocycles. The maximum Gasteiger partial charge on any atom is 0.255 e. The van der Waals surface area contributed by atoms with Crippen LogP contribution in [0.3, 0.4) is 0 Å². The van der Waals surface area contributed by atoms with E-state index < -0.39 is 0 Å². The number of nitrogens with two attached hydrogens (primary N) is 1. The van der Waals surface area contributed by atoms with Crippen molar-refractivity contribution in [2.45, 2.75) is 26.3 Å². The van der Waals surface area contributed by atoms with E-state index in [1.807, 2.05) is 24.3 Å². The molecule has 0 bridgehead atoms. The van der Waals surface area contributed by atoms with Gasteiger partial charge < -0.3 is 16.0 Å². The minimum Gasteiger partial charge on any atom is -0.369 e. The van der Waals surface area contributed by atoms with E-state index in [4.69, 9.17) is 17.3 Å². The van der Waals surface area contributed by atoms with Gasteiger partial charge in [-0.15, -0.1) is 0 Å². The highest BCUT2D eigenvalue weighted by atomic mass is 35.5. The third-order valence-electron chi connectivity index (χ3n) is 4.21. The number of amides is 1. The monoisotopic (exact) mass is 345 g/mol. The SMILES string of the molecule is Cc1nc(N)nc(C)c1C(=O)NC1CCN(c2cccc(Cl)c2)C1. The summed E-state index contributed by atoms with van der Waals surface area (Å²) in [5.41, 5.74) is 8.39. The van der Waals surface area contributed by atoms with Crippen LogP contribution >= 0.6 is 11.6 Å². The van der Waals surface area contributed by atoms with Crippen LogP contribution in [0.5, 0.6) is 0 Å². The van der Waals surface area contributed by atoms with Crippen LogP contribution in [-0.2, 0) is 0 Å². The molecule has 1 amide bonds. The van der Waals surface area contributed by atoms with E-state index in [1.54, 1.807) is 13.8 Å².